The third kappa shape index (κ3) is 55.3. The lowest BCUT2D eigenvalue weighted by molar-refractivity contribution is -0.167. The van der Waals surface area contributed by atoms with Crippen LogP contribution in [-0.2, 0) is 28.6 Å². The Bertz CT molecular complexity index is 1400. The van der Waals surface area contributed by atoms with E-state index in [1.807, 2.05) is 72.9 Å². The number of carbonyl (C=O) groups is 3. The molecule has 0 N–H and O–H groups in total. The molecule has 0 aliphatic rings. The molecular weight excluding hydrogens is 865 g/mol. The van der Waals surface area contributed by atoms with Gasteiger partial charge in [-0.25, -0.2) is 0 Å². The van der Waals surface area contributed by atoms with Crippen molar-refractivity contribution in [1.29, 1.82) is 0 Å². The Balaban J connectivity index is 4.48. The molecule has 0 saturated carbocycles. The molecule has 0 aromatic heterocycles. The van der Waals surface area contributed by atoms with E-state index >= 15 is 0 Å². The van der Waals surface area contributed by atoms with Gasteiger partial charge in [0.15, 0.2) is 6.10 Å². The summed E-state index contributed by atoms with van der Waals surface area (Å²) in [6.45, 7) is 6.47. The molecule has 0 rings (SSSR count). The first kappa shape index (κ1) is 66.3. The number of ether oxygens (including phenoxy) is 3. The average Bonchev–Trinajstić information content (AvgIpc) is 3.36. The Kier molecular flexibility index (Phi) is 54.9. The van der Waals surface area contributed by atoms with Gasteiger partial charge in [-0.3, -0.25) is 14.4 Å². The van der Waals surface area contributed by atoms with Crippen molar-refractivity contribution in [3.63, 3.8) is 0 Å². The molecule has 0 spiro atoms. The van der Waals surface area contributed by atoms with E-state index in [4.69, 9.17) is 14.2 Å². The molecule has 0 fully saturated rings. The fraction of sp³-hybridized carbons (Fsp3) is 0.703. The third-order valence-electron chi connectivity index (χ3n) is 12.5. The van der Waals surface area contributed by atoms with E-state index in [0.29, 0.717) is 19.3 Å². The normalized spacial score (nSPS) is 12.8. The summed E-state index contributed by atoms with van der Waals surface area (Å²) in [5.74, 6) is -0.936. The van der Waals surface area contributed by atoms with Crippen molar-refractivity contribution < 1.29 is 28.6 Å². The van der Waals surface area contributed by atoms with Crippen LogP contribution in [0.2, 0.25) is 0 Å². The predicted molar refractivity (Wildman–Crippen MR) is 302 cm³/mol. The molecule has 0 heterocycles. The van der Waals surface area contributed by atoms with Gasteiger partial charge in [0, 0.05) is 19.3 Å². The molecule has 400 valence electrons. The quantitative estimate of drug-likeness (QED) is 0.0199. The molecule has 0 bridgehead atoms. The SMILES string of the molecule is CC\C=C/C=C\C=C/C=C\C=C\C=C/C=C\CCCCCC(=O)OCC(COC(=O)CCCCCCCCCCCCCCCCCC)OC(=O)CCCCCCCCC/C=C\CCCCCCCC. The zero-order valence-electron chi connectivity index (χ0n) is 45.8. The van der Waals surface area contributed by atoms with E-state index in [-0.39, 0.29) is 31.1 Å². The lowest BCUT2D eigenvalue weighted by atomic mass is 10.0. The minimum Gasteiger partial charge on any atom is -0.462 e. The number of esters is 3. The molecular formula is C64H108O6. The lowest BCUT2D eigenvalue weighted by Gasteiger charge is -2.18. The van der Waals surface area contributed by atoms with Crippen molar-refractivity contribution in [2.75, 3.05) is 13.2 Å². The molecule has 0 saturated heterocycles. The van der Waals surface area contributed by atoms with Gasteiger partial charge < -0.3 is 14.2 Å². The molecule has 0 radical (unpaired) electrons. The molecule has 1 unspecified atom stereocenters. The Morgan fingerprint density at radius 2 is 0.571 bits per heavy atom. The van der Waals surface area contributed by atoms with Gasteiger partial charge in [-0.05, 0) is 64.2 Å². The minimum atomic E-state index is -0.799. The molecule has 6 nitrogen and oxygen atoms in total. The van der Waals surface area contributed by atoms with E-state index < -0.39 is 6.10 Å². The summed E-state index contributed by atoms with van der Waals surface area (Å²) in [4.78, 5) is 38.2. The lowest BCUT2D eigenvalue weighted by Crippen LogP contribution is -2.30. The van der Waals surface area contributed by atoms with Gasteiger partial charge in [-0.1, -0.05) is 285 Å². The number of rotatable bonds is 52. The Morgan fingerprint density at radius 1 is 0.300 bits per heavy atom. The second-order valence-electron chi connectivity index (χ2n) is 19.4. The van der Waals surface area contributed by atoms with Crippen LogP contribution < -0.4 is 0 Å². The number of allylic oxidation sites excluding steroid dienone is 16. The maximum Gasteiger partial charge on any atom is 0.306 e. The van der Waals surface area contributed by atoms with E-state index in [1.54, 1.807) is 0 Å². The topological polar surface area (TPSA) is 78.9 Å². The molecule has 0 aromatic rings. The monoisotopic (exact) mass is 973 g/mol. The van der Waals surface area contributed by atoms with Crippen LogP contribution in [-0.4, -0.2) is 37.2 Å². The fourth-order valence-corrected chi connectivity index (χ4v) is 8.13. The summed E-state index contributed by atoms with van der Waals surface area (Å²) in [5, 5.41) is 0. The van der Waals surface area contributed by atoms with Crippen molar-refractivity contribution in [3.8, 4) is 0 Å². The van der Waals surface area contributed by atoms with Crippen LogP contribution in [0, 0.1) is 0 Å². The minimum absolute atomic E-state index is 0.0925. The van der Waals surface area contributed by atoms with Crippen molar-refractivity contribution in [3.05, 3.63) is 97.2 Å². The van der Waals surface area contributed by atoms with Crippen molar-refractivity contribution in [2.24, 2.45) is 0 Å². The summed E-state index contributed by atoms with van der Waals surface area (Å²) in [6, 6.07) is 0. The Morgan fingerprint density at radius 3 is 0.929 bits per heavy atom. The predicted octanol–water partition coefficient (Wildman–Crippen LogP) is 19.7. The van der Waals surface area contributed by atoms with Crippen LogP contribution in [0.25, 0.3) is 0 Å². The van der Waals surface area contributed by atoms with Crippen LogP contribution in [0.1, 0.15) is 271 Å². The zero-order valence-corrected chi connectivity index (χ0v) is 45.8. The van der Waals surface area contributed by atoms with Gasteiger partial charge in [0.05, 0.1) is 0 Å². The summed E-state index contributed by atoms with van der Waals surface area (Å²) in [7, 11) is 0. The van der Waals surface area contributed by atoms with Crippen LogP contribution >= 0.6 is 0 Å². The first-order valence-electron chi connectivity index (χ1n) is 29.3. The number of carbonyl (C=O) groups excluding carboxylic acids is 3. The summed E-state index contributed by atoms with van der Waals surface area (Å²) >= 11 is 0. The number of unbranched alkanes of at least 4 members (excludes halogenated alkanes) is 31. The summed E-state index contributed by atoms with van der Waals surface area (Å²) in [6.07, 6.45) is 76.7. The largest absolute Gasteiger partial charge is 0.462 e. The third-order valence-corrected chi connectivity index (χ3v) is 12.5. The molecule has 6 heteroatoms. The van der Waals surface area contributed by atoms with Gasteiger partial charge in [-0.2, -0.15) is 0 Å². The highest BCUT2D eigenvalue weighted by atomic mass is 16.6. The number of hydrogen-bond acceptors (Lipinski definition) is 6. The van der Waals surface area contributed by atoms with E-state index in [0.717, 1.165) is 70.6 Å². The second-order valence-corrected chi connectivity index (χ2v) is 19.4. The van der Waals surface area contributed by atoms with Gasteiger partial charge in [0.2, 0.25) is 0 Å². The standard InChI is InChI=1S/C64H108O6/c1-4-7-10-13-16-19-22-25-28-31-32-34-36-39-42-45-48-51-54-57-63(66)69-60-61(59-68-62(65)56-53-50-47-44-41-38-35-30-27-24-21-18-15-12-9-6-3)70-64(67)58-55-52-49-46-43-40-37-33-29-26-23-20-17-14-11-8-5-2/h7,10,13,16,19,22,25-26,28-29,31-32,34,36,39,42,61H,4-6,8-9,11-12,14-15,17-18,20-21,23-24,27,30,33,35,37-38,40-41,43-60H2,1-3H3/b10-7-,16-13-,22-19-,28-25-,29-26-,32-31+,36-34-,42-39-. The maximum absolute atomic E-state index is 12.9. The molecule has 70 heavy (non-hydrogen) atoms. The van der Waals surface area contributed by atoms with Crippen molar-refractivity contribution in [2.45, 2.75) is 277 Å². The van der Waals surface area contributed by atoms with E-state index in [9.17, 15) is 14.4 Å². The fourth-order valence-electron chi connectivity index (χ4n) is 8.13. The van der Waals surface area contributed by atoms with Gasteiger partial charge in [0.1, 0.15) is 13.2 Å². The van der Waals surface area contributed by atoms with Gasteiger partial charge in [0.25, 0.3) is 0 Å². The second kappa shape index (κ2) is 57.9. The summed E-state index contributed by atoms with van der Waals surface area (Å²) < 4.78 is 16.9. The first-order valence-corrected chi connectivity index (χ1v) is 29.3. The van der Waals surface area contributed by atoms with Gasteiger partial charge in [-0.15, -0.1) is 0 Å². The highest BCUT2D eigenvalue weighted by molar-refractivity contribution is 5.71. The molecule has 0 aliphatic carbocycles. The first-order chi connectivity index (χ1) is 34.5. The molecule has 0 aliphatic heterocycles. The highest BCUT2D eigenvalue weighted by Crippen LogP contribution is 2.16. The average molecular weight is 974 g/mol. The molecule has 1 atom stereocenters. The molecule has 0 aromatic carbocycles. The zero-order chi connectivity index (χ0) is 50.7. The molecule has 0 amide bonds. The summed E-state index contributed by atoms with van der Waals surface area (Å²) in [5.41, 5.74) is 0. The Labute approximate surface area is 432 Å². The number of hydrogen-bond donors (Lipinski definition) is 0. The van der Waals surface area contributed by atoms with Crippen LogP contribution in [0.5, 0.6) is 0 Å². The highest BCUT2D eigenvalue weighted by Gasteiger charge is 2.19. The smallest absolute Gasteiger partial charge is 0.306 e. The van der Waals surface area contributed by atoms with Crippen LogP contribution in [0.4, 0.5) is 0 Å². The van der Waals surface area contributed by atoms with E-state index in [1.165, 1.54) is 161 Å². The van der Waals surface area contributed by atoms with Gasteiger partial charge >= 0.3 is 17.9 Å². The van der Waals surface area contributed by atoms with E-state index in [2.05, 4.69) is 45.1 Å². The maximum atomic E-state index is 12.9. The van der Waals surface area contributed by atoms with Crippen molar-refractivity contribution >= 4 is 17.9 Å². The Hall–Kier alpha value is -3.67. The van der Waals surface area contributed by atoms with Crippen LogP contribution in [0.15, 0.2) is 97.2 Å². The van der Waals surface area contributed by atoms with Crippen molar-refractivity contribution in [1.82, 2.24) is 0 Å². The van der Waals surface area contributed by atoms with Crippen LogP contribution in [0.3, 0.4) is 0 Å².